The smallest absolute Gasteiger partial charge is 0.346 e. The molecule has 0 saturated heterocycles. The van der Waals surface area contributed by atoms with E-state index < -0.39 is 5.63 Å². The van der Waals surface area contributed by atoms with Crippen molar-refractivity contribution < 1.29 is 9.15 Å². The SMILES string of the molecule is COc1cccc2c1oc(=O)c1c(C)nc3[nH][nH]c(=O)c3c12. The number of aromatic amines is 2. The summed E-state index contributed by atoms with van der Waals surface area (Å²) in [6.07, 6.45) is 0. The summed E-state index contributed by atoms with van der Waals surface area (Å²) in [5.74, 6) is 0.436. The second-order valence-corrected chi connectivity index (χ2v) is 4.98. The van der Waals surface area contributed by atoms with E-state index in [2.05, 4.69) is 15.2 Å². The average Bonchev–Trinajstić information content (AvgIpc) is 2.87. The van der Waals surface area contributed by atoms with Crippen LogP contribution in [0.4, 0.5) is 0 Å². The van der Waals surface area contributed by atoms with Crippen LogP contribution in [-0.2, 0) is 0 Å². The first-order valence-electron chi connectivity index (χ1n) is 6.62. The Bertz CT molecular complexity index is 1170. The van der Waals surface area contributed by atoms with Gasteiger partial charge in [0.05, 0.1) is 23.6 Å². The van der Waals surface area contributed by atoms with Gasteiger partial charge in [-0.3, -0.25) is 15.0 Å². The molecule has 3 aromatic heterocycles. The Morgan fingerprint density at radius 3 is 2.73 bits per heavy atom. The molecule has 0 aliphatic rings. The lowest BCUT2D eigenvalue weighted by atomic mass is 10.0. The molecular weight excluding hydrogens is 286 g/mol. The number of nitrogens with zero attached hydrogens (tertiary/aromatic N) is 1. The van der Waals surface area contributed by atoms with Crippen molar-refractivity contribution in [2.45, 2.75) is 6.92 Å². The number of nitrogens with one attached hydrogen (secondary N) is 2. The summed E-state index contributed by atoms with van der Waals surface area (Å²) >= 11 is 0. The second-order valence-electron chi connectivity index (χ2n) is 4.98. The highest BCUT2D eigenvalue weighted by atomic mass is 16.5. The minimum absolute atomic E-state index is 0.304. The molecule has 1 aromatic carbocycles. The van der Waals surface area contributed by atoms with E-state index in [1.807, 2.05) is 0 Å². The molecule has 0 fully saturated rings. The minimum Gasteiger partial charge on any atom is -0.493 e. The summed E-state index contributed by atoms with van der Waals surface area (Å²) < 4.78 is 10.6. The molecule has 0 atom stereocenters. The summed E-state index contributed by atoms with van der Waals surface area (Å²) in [7, 11) is 1.50. The van der Waals surface area contributed by atoms with Gasteiger partial charge in [0.1, 0.15) is 0 Å². The molecule has 110 valence electrons. The Morgan fingerprint density at radius 1 is 1.14 bits per heavy atom. The zero-order chi connectivity index (χ0) is 15.4. The molecular formula is C15H11N3O4. The van der Waals surface area contributed by atoms with Crippen molar-refractivity contribution in [1.82, 2.24) is 15.2 Å². The molecule has 7 heteroatoms. The molecule has 0 radical (unpaired) electrons. The van der Waals surface area contributed by atoms with Crippen molar-refractivity contribution in [1.29, 1.82) is 0 Å². The third kappa shape index (κ3) is 1.47. The lowest BCUT2D eigenvalue weighted by Crippen LogP contribution is -2.07. The van der Waals surface area contributed by atoms with Gasteiger partial charge < -0.3 is 9.15 Å². The molecule has 0 aliphatic carbocycles. The van der Waals surface area contributed by atoms with Gasteiger partial charge in [0.25, 0.3) is 5.56 Å². The average molecular weight is 297 g/mol. The van der Waals surface area contributed by atoms with Crippen LogP contribution in [0.25, 0.3) is 32.8 Å². The maximum atomic E-state index is 12.4. The lowest BCUT2D eigenvalue weighted by molar-refractivity contribution is 0.407. The molecule has 3 heterocycles. The number of H-pyrrole nitrogens is 2. The second kappa shape index (κ2) is 4.20. The Hall–Kier alpha value is -3.09. The van der Waals surface area contributed by atoms with Crippen LogP contribution in [0.3, 0.4) is 0 Å². The summed E-state index contributed by atoms with van der Waals surface area (Å²) in [5, 5.41) is 7.02. The van der Waals surface area contributed by atoms with Crippen molar-refractivity contribution in [3.8, 4) is 5.75 Å². The van der Waals surface area contributed by atoms with Crippen LogP contribution in [0.2, 0.25) is 0 Å². The van der Waals surface area contributed by atoms with Gasteiger partial charge in [-0.25, -0.2) is 9.78 Å². The number of hydrogen-bond donors (Lipinski definition) is 2. The molecule has 0 aliphatic heterocycles. The first-order chi connectivity index (χ1) is 10.6. The van der Waals surface area contributed by atoms with Gasteiger partial charge in [0, 0.05) is 10.8 Å². The zero-order valence-electron chi connectivity index (χ0n) is 11.8. The van der Waals surface area contributed by atoms with Crippen LogP contribution in [0.15, 0.2) is 32.2 Å². The fraction of sp³-hybridized carbons (Fsp3) is 0.133. The van der Waals surface area contributed by atoms with Gasteiger partial charge in [-0.1, -0.05) is 12.1 Å². The summed E-state index contributed by atoms with van der Waals surface area (Å²) in [5.41, 5.74) is 0.345. The number of para-hydroxylation sites is 1. The molecule has 0 saturated carbocycles. The van der Waals surface area contributed by atoms with E-state index in [4.69, 9.17) is 9.15 Å². The lowest BCUT2D eigenvalue weighted by Gasteiger charge is -2.08. The van der Waals surface area contributed by atoms with Gasteiger partial charge >= 0.3 is 5.63 Å². The molecule has 4 rings (SSSR count). The third-order valence-corrected chi connectivity index (χ3v) is 3.77. The molecule has 7 nitrogen and oxygen atoms in total. The van der Waals surface area contributed by atoms with Crippen molar-refractivity contribution in [2.24, 2.45) is 0 Å². The Balaban J connectivity index is 2.47. The minimum atomic E-state index is -0.542. The maximum Gasteiger partial charge on any atom is 0.346 e. The van der Waals surface area contributed by atoms with Crippen LogP contribution in [0, 0.1) is 6.92 Å². The zero-order valence-corrected chi connectivity index (χ0v) is 11.8. The van der Waals surface area contributed by atoms with E-state index >= 15 is 0 Å². The summed E-state index contributed by atoms with van der Waals surface area (Å²) in [4.78, 5) is 28.8. The predicted molar refractivity (Wildman–Crippen MR) is 81.6 cm³/mol. The number of pyridine rings is 1. The quantitative estimate of drug-likeness (QED) is 0.412. The van der Waals surface area contributed by atoms with E-state index in [0.717, 1.165) is 0 Å². The van der Waals surface area contributed by atoms with E-state index in [1.165, 1.54) is 7.11 Å². The molecule has 4 aromatic rings. The van der Waals surface area contributed by atoms with Crippen molar-refractivity contribution in [3.63, 3.8) is 0 Å². The number of aromatic nitrogens is 3. The number of fused-ring (bicyclic) bond motifs is 5. The normalized spacial score (nSPS) is 11.5. The number of benzene rings is 1. The van der Waals surface area contributed by atoms with Gasteiger partial charge in [0.2, 0.25) is 0 Å². The van der Waals surface area contributed by atoms with E-state index in [9.17, 15) is 9.59 Å². The Morgan fingerprint density at radius 2 is 1.95 bits per heavy atom. The number of rotatable bonds is 1. The molecule has 2 N–H and O–H groups in total. The molecule has 0 bridgehead atoms. The van der Waals surface area contributed by atoms with Gasteiger partial charge in [0.15, 0.2) is 17.0 Å². The standard InChI is InChI=1S/C15H11N3O4/c1-6-9-10(11-13(16-6)17-18-14(11)19)7-4-3-5-8(21-2)12(7)22-15(9)20/h3-5H,1-2H3,(H2,16,17,18,19). The van der Waals surface area contributed by atoms with Crippen LogP contribution in [0.1, 0.15) is 5.69 Å². The summed E-state index contributed by atoms with van der Waals surface area (Å²) in [6, 6.07) is 5.27. The van der Waals surface area contributed by atoms with Crippen LogP contribution in [0.5, 0.6) is 5.75 Å². The third-order valence-electron chi connectivity index (χ3n) is 3.77. The Labute approximate surface area is 122 Å². The number of ether oxygens (including phenoxy) is 1. The maximum absolute atomic E-state index is 12.4. The monoisotopic (exact) mass is 297 g/mol. The first kappa shape index (κ1) is 12.6. The van der Waals surface area contributed by atoms with Crippen molar-refractivity contribution in [3.05, 3.63) is 44.7 Å². The van der Waals surface area contributed by atoms with E-state index in [1.54, 1.807) is 25.1 Å². The number of hydrogen-bond acceptors (Lipinski definition) is 5. The van der Waals surface area contributed by atoms with Crippen molar-refractivity contribution >= 4 is 32.8 Å². The largest absolute Gasteiger partial charge is 0.493 e. The number of aryl methyl sites for hydroxylation is 1. The molecule has 22 heavy (non-hydrogen) atoms. The highest BCUT2D eigenvalue weighted by Gasteiger charge is 2.19. The van der Waals surface area contributed by atoms with Crippen LogP contribution < -0.4 is 15.9 Å². The fourth-order valence-electron chi connectivity index (χ4n) is 2.84. The van der Waals surface area contributed by atoms with E-state index in [-0.39, 0.29) is 5.56 Å². The van der Waals surface area contributed by atoms with Crippen LogP contribution in [-0.4, -0.2) is 22.3 Å². The van der Waals surface area contributed by atoms with E-state index in [0.29, 0.717) is 44.2 Å². The van der Waals surface area contributed by atoms with Gasteiger partial charge in [-0.15, -0.1) is 0 Å². The molecule has 0 spiro atoms. The highest BCUT2D eigenvalue weighted by Crippen LogP contribution is 2.32. The topological polar surface area (TPSA) is 101 Å². The fourth-order valence-corrected chi connectivity index (χ4v) is 2.84. The predicted octanol–water partition coefficient (Wildman–Crippen LogP) is 1.83. The number of methoxy groups -OCH3 is 1. The highest BCUT2D eigenvalue weighted by molar-refractivity contribution is 6.18. The molecule has 0 unspecified atom stereocenters. The van der Waals surface area contributed by atoms with Crippen LogP contribution >= 0.6 is 0 Å². The summed E-state index contributed by atoms with van der Waals surface area (Å²) in [6.45, 7) is 1.70. The molecule has 0 amide bonds. The van der Waals surface area contributed by atoms with Gasteiger partial charge in [-0.2, -0.15) is 0 Å². The first-order valence-corrected chi connectivity index (χ1v) is 6.62. The van der Waals surface area contributed by atoms with Gasteiger partial charge in [-0.05, 0) is 13.0 Å². The van der Waals surface area contributed by atoms with Crippen molar-refractivity contribution in [2.75, 3.05) is 7.11 Å². The Kier molecular flexibility index (Phi) is 2.41.